The van der Waals surface area contributed by atoms with Crippen LogP contribution in [0.2, 0.25) is 0 Å². The monoisotopic (exact) mass is 259 g/mol. The maximum absolute atomic E-state index is 11.4. The van der Waals surface area contributed by atoms with Crippen molar-refractivity contribution in [1.82, 2.24) is 4.90 Å². The van der Waals surface area contributed by atoms with Crippen molar-refractivity contribution in [3.05, 3.63) is 0 Å². The molecule has 0 aromatic rings. The minimum Gasteiger partial charge on any atom is -0.464 e. The number of unbranched alkanes of at least 4 members (excludes halogenated alkanes) is 3. The van der Waals surface area contributed by atoms with Gasteiger partial charge in [-0.05, 0) is 12.8 Å². The summed E-state index contributed by atoms with van der Waals surface area (Å²) >= 11 is 0. The van der Waals surface area contributed by atoms with Crippen LogP contribution in [-0.4, -0.2) is 43.8 Å². The summed E-state index contributed by atoms with van der Waals surface area (Å²) < 4.78 is 9.97. The lowest BCUT2D eigenvalue weighted by Crippen LogP contribution is -2.33. The number of esters is 1. The van der Waals surface area contributed by atoms with Crippen molar-refractivity contribution in [2.24, 2.45) is 0 Å². The van der Waals surface area contributed by atoms with E-state index in [-0.39, 0.29) is 12.5 Å². The second-order valence-corrected chi connectivity index (χ2v) is 4.25. The van der Waals surface area contributed by atoms with Gasteiger partial charge in [0.2, 0.25) is 0 Å². The second-order valence-electron chi connectivity index (χ2n) is 4.25. The topological polar surface area (TPSA) is 55.8 Å². The molecule has 0 saturated carbocycles. The van der Waals surface area contributed by atoms with Gasteiger partial charge in [0, 0.05) is 7.05 Å². The summed E-state index contributed by atoms with van der Waals surface area (Å²) in [5.74, 6) is -0.388. The van der Waals surface area contributed by atoms with Crippen molar-refractivity contribution in [3.8, 4) is 0 Å². The van der Waals surface area contributed by atoms with Crippen LogP contribution < -0.4 is 0 Å². The van der Waals surface area contributed by atoms with E-state index in [2.05, 4.69) is 6.92 Å². The molecule has 0 aliphatic heterocycles. The molecule has 0 spiro atoms. The SMILES string of the molecule is CCCCCOC(=O)CN(C)C(=O)OCCCC. The molecule has 0 rings (SSSR count). The molecule has 0 unspecified atom stereocenters. The van der Waals surface area contributed by atoms with Crippen LogP contribution in [0.3, 0.4) is 0 Å². The molecule has 106 valence electrons. The molecule has 0 saturated heterocycles. The molecule has 1 amide bonds. The number of amides is 1. The zero-order valence-corrected chi connectivity index (χ0v) is 11.7. The summed E-state index contributed by atoms with van der Waals surface area (Å²) in [4.78, 5) is 24.0. The maximum Gasteiger partial charge on any atom is 0.410 e. The van der Waals surface area contributed by atoms with Crippen molar-refractivity contribution >= 4 is 12.1 Å². The number of rotatable bonds is 9. The van der Waals surface area contributed by atoms with E-state index < -0.39 is 6.09 Å². The molecule has 0 fully saturated rings. The third-order valence-electron chi connectivity index (χ3n) is 2.41. The van der Waals surface area contributed by atoms with Gasteiger partial charge in [0.15, 0.2) is 0 Å². The number of hydrogen-bond acceptors (Lipinski definition) is 4. The summed E-state index contributed by atoms with van der Waals surface area (Å²) in [5.41, 5.74) is 0. The van der Waals surface area contributed by atoms with E-state index in [0.717, 1.165) is 32.1 Å². The quantitative estimate of drug-likeness (QED) is 0.472. The zero-order valence-electron chi connectivity index (χ0n) is 11.7. The van der Waals surface area contributed by atoms with E-state index in [0.29, 0.717) is 13.2 Å². The number of likely N-dealkylation sites (N-methyl/N-ethyl adjacent to an activating group) is 1. The highest BCUT2D eigenvalue weighted by molar-refractivity contribution is 5.77. The Morgan fingerprint density at radius 1 is 0.944 bits per heavy atom. The summed E-state index contributed by atoms with van der Waals surface area (Å²) in [6.07, 6.45) is 4.32. The molecule has 0 aliphatic carbocycles. The van der Waals surface area contributed by atoms with Gasteiger partial charge in [0.25, 0.3) is 0 Å². The van der Waals surface area contributed by atoms with Gasteiger partial charge in [-0.15, -0.1) is 0 Å². The molecule has 0 atom stereocenters. The van der Waals surface area contributed by atoms with Crippen LogP contribution in [0.15, 0.2) is 0 Å². The van der Waals surface area contributed by atoms with E-state index >= 15 is 0 Å². The first kappa shape index (κ1) is 16.7. The Morgan fingerprint density at radius 2 is 1.56 bits per heavy atom. The number of hydrogen-bond donors (Lipinski definition) is 0. The summed E-state index contributed by atoms with van der Waals surface area (Å²) in [5, 5.41) is 0. The Hall–Kier alpha value is -1.26. The van der Waals surface area contributed by atoms with Gasteiger partial charge in [-0.2, -0.15) is 0 Å². The lowest BCUT2D eigenvalue weighted by Gasteiger charge is -2.16. The summed E-state index contributed by atoms with van der Waals surface area (Å²) in [7, 11) is 1.53. The fourth-order valence-electron chi connectivity index (χ4n) is 1.26. The molecule has 0 N–H and O–H groups in total. The summed E-state index contributed by atoms with van der Waals surface area (Å²) in [6, 6.07) is 0. The van der Waals surface area contributed by atoms with Gasteiger partial charge in [-0.1, -0.05) is 33.1 Å². The van der Waals surface area contributed by atoms with Crippen LogP contribution in [0.1, 0.15) is 46.0 Å². The van der Waals surface area contributed by atoms with Gasteiger partial charge in [0.1, 0.15) is 6.54 Å². The highest BCUT2D eigenvalue weighted by Gasteiger charge is 2.14. The third-order valence-corrected chi connectivity index (χ3v) is 2.41. The van der Waals surface area contributed by atoms with Crippen LogP contribution in [0.5, 0.6) is 0 Å². The predicted octanol–water partition coefficient (Wildman–Crippen LogP) is 2.59. The second kappa shape index (κ2) is 10.9. The predicted molar refractivity (Wildman–Crippen MR) is 69.4 cm³/mol. The molecule has 0 bridgehead atoms. The molecule has 0 heterocycles. The summed E-state index contributed by atoms with van der Waals surface area (Å²) in [6.45, 7) is 4.86. The molecule has 0 radical (unpaired) electrons. The zero-order chi connectivity index (χ0) is 13.8. The molecule has 5 heteroatoms. The van der Waals surface area contributed by atoms with Gasteiger partial charge >= 0.3 is 12.1 Å². The lowest BCUT2D eigenvalue weighted by atomic mass is 10.3. The van der Waals surface area contributed by atoms with Crippen LogP contribution in [0.25, 0.3) is 0 Å². The van der Waals surface area contributed by atoms with Crippen molar-refractivity contribution in [2.45, 2.75) is 46.0 Å². The average molecular weight is 259 g/mol. The number of ether oxygens (including phenoxy) is 2. The van der Waals surface area contributed by atoms with E-state index in [9.17, 15) is 9.59 Å². The first-order valence-electron chi connectivity index (χ1n) is 6.65. The van der Waals surface area contributed by atoms with E-state index in [4.69, 9.17) is 9.47 Å². The fraction of sp³-hybridized carbons (Fsp3) is 0.846. The minimum absolute atomic E-state index is 0.0584. The molecule has 18 heavy (non-hydrogen) atoms. The Kier molecular flexibility index (Phi) is 10.1. The lowest BCUT2D eigenvalue weighted by molar-refractivity contribution is -0.144. The van der Waals surface area contributed by atoms with Crippen molar-refractivity contribution in [3.63, 3.8) is 0 Å². The number of carbonyl (C=O) groups excluding carboxylic acids is 2. The Bertz CT molecular complexity index is 243. The maximum atomic E-state index is 11.4. The minimum atomic E-state index is -0.478. The van der Waals surface area contributed by atoms with Gasteiger partial charge in [0.05, 0.1) is 13.2 Å². The van der Waals surface area contributed by atoms with Gasteiger partial charge in [-0.25, -0.2) is 4.79 Å². The van der Waals surface area contributed by atoms with Gasteiger partial charge < -0.3 is 14.4 Å². The van der Waals surface area contributed by atoms with E-state index in [1.54, 1.807) is 0 Å². The van der Waals surface area contributed by atoms with Crippen LogP contribution in [0, 0.1) is 0 Å². The first-order valence-corrected chi connectivity index (χ1v) is 6.65. The van der Waals surface area contributed by atoms with Crippen molar-refractivity contribution < 1.29 is 19.1 Å². The fourth-order valence-corrected chi connectivity index (χ4v) is 1.26. The molecular weight excluding hydrogens is 234 g/mol. The highest BCUT2D eigenvalue weighted by Crippen LogP contribution is 1.97. The molecule has 0 aliphatic rings. The highest BCUT2D eigenvalue weighted by atomic mass is 16.6. The van der Waals surface area contributed by atoms with Crippen LogP contribution >= 0.6 is 0 Å². The first-order chi connectivity index (χ1) is 8.61. The van der Waals surface area contributed by atoms with Gasteiger partial charge in [-0.3, -0.25) is 4.79 Å². The average Bonchev–Trinajstić information content (AvgIpc) is 2.34. The van der Waals surface area contributed by atoms with Crippen LogP contribution in [0.4, 0.5) is 4.79 Å². The normalized spacial score (nSPS) is 9.94. The Morgan fingerprint density at radius 3 is 2.17 bits per heavy atom. The third kappa shape index (κ3) is 8.84. The molecule has 0 aromatic heterocycles. The largest absolute Gasteiger partial charge is 0.464 e. The Labute approximate surface area is 109 Å². The Balaban J connectivity index is 3.68. The molecule has 5 nitrogen and oxygen atoms in total. The van der Waals surface area contributed by atoms with Crippen molar-refractivity contribution in [1.29, 1.82) is 0 Å². The number of nitrogens with zero attached hydrogens (tertiary/aromatic N) is 1. The molecular formula is C13H25NO4. The smallest absolute Gasteiger partial charge is 0.410 e. The number of carbonyl (C=O) groups is 2. The van der Waals surface area contributed by atoms with Crippen molar-refractivity contribution in [2.75, 3.05) is 26.8 Å². The van der Waals surface area contributed by atoms with Crippen LogP contribution in [-0.2, 0) is 14.3 Å². The van der Waals surface area contributed by atoms with E-state index in [1.807, 2.05) is 6.92 Å². The molecule has 0 aromatic carbocycles. The standard InChI is InChI=1S/C13H25NO4/c1-4-6-8-10-17-12(15)11-14(3)13(16)18-9-7-5-2/h4-11H2,1-3H3. The van der Waals surface area contributed by atoms with E-state index in [1.165, 1.54) is 11.9 Å².